The quantitative estimate of drug-likeness (QED) is 0.815. The fourth-order valence-electron chi connectivity index (χ4n) is 2.60. The Balaban J connectivity index is 1.87. The molecule has 0 amide bonds. The normalized spacial score (nSPS) is 17.5. The van der Waals surface area contributed by atoms with Gasteiger partial charge in [-0.2, -0.15) is 0 Å². The van der Waals surface area contributed by atoms with Gasteiger partial charge in [0.1, 0.15) is 0 Å². The van der Waals surface area contributed by atoms with Gasteiger partial charge in [-0.1, -0.05) is 11.8 Å². The van der Waals surface area contributed by atoms with Gasteiger partial charge in [0, 0.05) is 12.7 Å². The number of hydrogen-bond donors (Lipinski definition) is 1. The molecule has 0 aliphatic carbocycles. The molecule has 2 rings (SSSR count). The van der Waals surface area contributed by atoms with Crippen molar-refractivity contribution in [1.82, 2.24) is 14.5 Å². The summed E-state index contributed by atoms with van der Waals surface area (Å²) in [5, 5.41) is 9.60. The fourth-order valence-corrected chi connectivity index (χ4v) is 3.37. The lowest BCUT2D eigenvalue weighted by Crippen LogP contribution is -2.30. The van der Waals surface area contributed by atoms with E-state index in [2.05, 4.69) is 21.5 Å². The fraction of sp³-hybridized carbons (Fsp3) is 0.714. The second kappa shape index (κ2) is 7.13. The largest absolute Gasteiger partial charge is 0.481 e. The number of aliphatic carboxylic acids is 1. The summed E-state index contributed by atoms with van der Waals surface area (Å²) >= 11 is 1.31. The van der Waals surface area contributed by atoms with Crippen LogP contribution in [-0.4, -0.2) is 51.4 Å². The van der Waals surface area contributed by atoms with Crippen LogP contribution in [0, 0.1) is 12.8 Å². The van der Waals surface area contributed by atoms with Crippen molar-refractivity contribution >= 4 is 17.7 Å². The van der Waals surface area contributed by atoms with E-state index in [1.807, 2.05) is 13.1 Å². The van der Waals surface area contributed by atoms with Crippen molar-refractivity contribution in [2.24, 2.45) is 5.92 Å². The van der Waals surface area contributed by atoms with Crippen LogP contribution in [0.25, 0.3) is 0 Å². The zero-order valence-corrected chi connectivity index (χ0v) is 13.0. The van der Waals surface area contributed by atoms with Crippen LogP contribution >= 0.6 is 11.8 Å². The van der Waals surface area contributed by atoms with Gasteiger partial charge >= 0.3 is 5.97 Å². The molecule has 0 unspecified atom stereocenters. The van der Waals surface area contributed by atoms with Crippen molar-refractivity contribution in [3.8, 4) is 0 Å². The van der Waals surface area contributed by atoms with Gasteiger partial charge in [-0.25, -0.2) is 4.98 Å². The Bertz CT molecular complexity index is 453. The molecular formula is C14H23N3O2S. The molecule has 0 saturated carbocycles. The molecule has 6 heteroatoms. The van der Waals surface area contributed by atoms with Gasteiger partial charge in [0.05, 0.1) is 11.4 Å². The highest BCUT2D eigenvalue weighted by Crippen LogP contribution is 2.23. The van der Waals surface area contributed by atoms with E-state index in [0.29, 0.717) is 0 Å². The van der Waals surface area contributed by atoms with Crippen LogP contribution in [0.2, 0.25) is 0 Å². The summed E-state index contributed by atoms with van der Waals surface area (Å²) in [6, 6.07) is 0. The highest BCUT2D eigenvalue weighted by Gasteiger charge is 2.17. The van der Waals surface area contributed by atoms with E-state index in [4.69, 9.17) is 5.11 Å². The third kappa shape index (κ3) is 4.52. The average molecular weight is 297 g/mol. The van der Waals surface area contributed by atoms with Gasteiger partial charge in [-0.3, -0.25) is 4.79 Å². The highest BCUT2D eigenvalue weighted by atomic mass is 32.2. The number of rotatable bonds is 6. The lowest BCUT2D eigenvalue weighted by molar-refractivity contribution is -0.133. The van der Waals surface area contributed by atoms with Crippen molar-refractivity contribution < 1.29 is 9.90 Å². The second-order valence-electron chi connectivity index (χ2n) is 5.58. The van der Waals surface area contributed by atoms with E-state index in [1.165, 1.54) is 37.7 Å². The third-order valence-corrected chi connectivity index (χ3v) is 4.78. The Hall–Kier alpha value is -1.01. The summed E-state index contributed by atoms with van der Waals surface area (Å²) in [6.45, 7) is 5.27. The number of imidazole rings is 1. The van der Waals surface area contributed by atoms with E-state index in [0.717, 1.165) is 29.7 Å². The second-order valence-corrected chi connectivity index (χ2v) is 6.52. The topological polar surface area (TPSA) is 58.4 Å². The number of hydrogen-bond acceptors (Lipinski definition) is 4. The predicted molar refractivity (Wildman–Crippen MR) is 80.2 cm³/mol. The Labute approximate surface area is 124 Å². The number of carboxylic acids is 1. The molecule has 2 heterocycles. The molecule has 5 nitrogen and oxygen atoms in total. The number of aryl methyl sites for hydroxylation is 2. The number of carboxylic acid groups (broad SMARTS) is 1. The molecule has 1 aliphatic rings. The lowest BCUT2D eigenvalue weighted by Gasteiger charge is -2.29. The van der Waals surface area contributed by atoms with Gasteiger partial charge < -0.3 is 14.6 Å². The lowest BCUT2D eigenvalue weighted by atomic mass is 9.94. The molecule has 1 aliphatic heterocycles. The zero-order valence-electron chi connectivity index (χ0n) is 12.2. The van der Waals surface area contributed by atoms with E-state index in [1.54, 1.807) is 0 Å². The standard InChI is InChI=1S/C14H23N3O2S/c1-11-9-17(14(15-11)20-10-13(18)19)8-5-12-3-6-16(2)7-4-12/h9,12H,3-8,10H2,1-2H3,(H,18,19). The molecule has 1 saturated heterocycles. The van der Waals surface area contributed by atoms with Crippen LogP contribution in [0.5, 0.6) is 0 Å². The van der Waals surface area contributed by atoms with Crippen molar-refractivity contribution in [2.45, 2.75) is 37.9 Å². The summed E-state index contributed by atoms with van der Waals surface area (Å²) in [6.07, 6.45) is 5.72. The first-order valence-corrected chi connectivity index (χ1v) is 8.10. The SMILES string of the molecule is Cc1cn(CCC2CCN(C)CC2)c(SCC(=O)O)n1. The predicted octanol–water partition coefficient (Wildman–Crippen LogP) is 2.10. The van der Waals surface area contributed by atoms with Crippen LogP contribution in [-0.2, 0) is 11.3 Å². The maximum atomic E-state index is 10.7. The summed E-state index contributed by atoms with van der Waals surface area (Å²) in [7, 11) is 2.18. The number of nitrogens with zero attached hydrogens (tertiary/aromatic N) is 3. The number of likely N-dealkylation sites (tertiary alicyclic amines) is 1. The summed E-state index contributed by atoms with van der Waals surface area (Å²) in [4.78, 5) is 17.5. The number of piperidine rings is 1. The molecule has 0 aromatic carbocycles. The minimum atomic E-state index is -0.794. The van der Waals surface area contributed by atoms with Gasteiger partial charge in [-0.15, -0.1) is 0 Å². The number of aromatic nitrogens is 2. The maximum absolute atomic E-state index is 10.7. The van der Waals surface area contributed by atoms with Crippen LogP contribution < -0.4 is 0 Å². The molecule has 0 atom stereocenters. The van der Waals surface area contributed by atoms with Crippen molar-refractivity contribution in [1.29, 1.82) is 0 Å². The first-order valence-electron chi connectivity index (χ1n) is 7.11. The van der Waals surface area contributed by atoms with Gasteiger partial charge in [0.2, 0.25) is 0 Å². The Morgan fingerprint density at radius 3 is 2.85 bits per heavy atom. The van der Waals surface area contributed by atoms with Crippen molar-refractivity contribution in [3.63, 3.8) is 0 Å². The molecule has 0 radical (unpaired) electrons. The Morgan fingerprint density at radius 2 is 2.20 bits per heavy atom. The van der Waals surface area contributed by atoms with Crippen molar-refractivity contribution in [3.05, 3.63) is 11.9 Å². The molecule has 1 aromatic heterocycles. The molecule has 112 valence electrons. The highest BCUT2D eigenvalue weighted by molar-refractivity contribution is 7.99. The zero-order chi connectivity index (χ0) is 14.5. The minimum absolute atomic E-state index is 0.0741. The van der Waals surface area contributed by atoms with Crippen LogP contribution in [0.4, 0.5) is 0 Å². The molecule has 0 spiro atoms. The molecule has 1 fully saturated rings. The number of carbonyl (C=O) groups is 1. The monoisotopic (exact) mass is 297 g/mol. The van der Waals surface area contributed by atoms with Crippen LogP contribution in [0.1, 0.15) is 25.0 Å². The van der Waals surface area contributed by atoms with Gasteiger partial charge in [0.15, 0.2) is 5.16 Å². The van der Waals surface area contributed by atoms with Gasteiger partial charge in [-0.05, 0) is 52.2 Å². The summed E-state index contributed by atoms with van der Waals surface area (Å²) in [5.74, 6) is 0.0637. The Morgan fingerprint density at radius 1 is 1.50 bits per heavy atom. The first kappa shape index (κ1) is 15.4. The molecule has 0 bridgehead atoms. The molecule has 20 heavy (non-hydrogen) atoms. The summed E-state index contributed by atoms with van der Waals surface area (Å²) < 4.78 is 2.11. The Kier molecular flexibility index (Phi) is 5.48. The number of thioether (sulfide) groups is 1. The first-order chi connectivity index (χ1) is 9.54. The van der Waals surface area contributed by atoms with E-state index in [9.17, 15) is 4.79 Å². The average Bonchev–Trinajstić information content (AvgIpc) is 2.76. The van der Waals surface area contributed by atoms with Crippen LogP contribution in [0.15, 0.2) is 11.4 Å². The molecule has 1 N–H and O–H groups in total. The van der Waals surface area contributed by atoms with E-state index in [-0.39, 0.29) is 5.75 Å². The third-order valence-electron chi connectivity index (χ3n) is 3.80. The minimum Gasteiger partial charge on any atom is -0.481 e. The van der Waals surface area contributed by atoms with E-state index < -0.39 is 5.97 Å². The van der Waals surface area contributed by atoms with E-state index >= 15 is 0 Å². The summed E-state index contributed by atoms with van der Waals surface area (Å²) in [5.41, 5.74) is 0.960. The van der Waals surface area contributed by atoms with Crippen molar-refractivity contribution in [2.75, 3.05) is 25.9 Å². The molecular weight excluding hydrogens is 274 g/mol. The smallest absolute Gasteiger partial charge is 0.313 e. The maximum Gasteiger partial charge on any atom is 0.313 e. The van der Waals surface area contributed by atoms with Crippen LogP contribution in [0.3, 0.4) is 0 Å². The molecule has 1 aromatic rings. The van der Waals surface area contributed by atoms with Gasteiger partial charge in [0.25, 0.3) is 0 Å².